The Bertz CT molecular complexity index is 1380. The third-order valence-electron chi connectivity index (χ3n) is 4.93. The van der Waals surface area contributed by atoms with Crippen LogP contribution < -0.4 is 79.3 Å². The maximum absolute atomic E-state index is 12.3. The molecule has 2 aromatic carbocycles. The van der Waals surface area contributed by atoms with E-state index < -0.39 is 32.6 Å². The number of anilines is 2. The van der Waals surface area contributed by atoms with Gasteiger partial charge in [0.25, 0.3) is 0 Å². The molecule has 16 nitrogen and oxygen atoms in total. The Morgan fingerprint density at radius 2 is 1.74 bits per heavy atom. The van der Waals surface area contributed by atoms with Gasteiger partial charge in [-0.3, -0.25) is 18.2 Å². The summed E-state index contributed by atoms with van der Waals surface area (Å²) in [6, 6.07) is 8.40. The zero-order valence-corrected chi connectivity index (χ0v) is 29.9. The second-order valence-electron chi connectivity index (χ2n) is 7.57. The van der Waals surface area contributed by atoms with E-state index in [0.717, 1.165) is 0 Å². The molecule has 1 N–H and O–H groups in total. The normalized spacial score (nSPS) is 11.5. The summed E-state index contributed by atoms with van der Waals surface area (Å²) in [5.41, 5.74) is 1.43. The molecule has 42 heavy (non-hydrogen) atoms. The molecule has 0 fully saturated rings. The summed E-state index contributed by atoms with van der Waals surface area (Å²) in [6.07, 6.45) is 0. The molecule has 0 aliphatic carbocycles. The third kappa shape index (κ3) is 14.3. The van der Waals surface area contributed by atoms with Crippen LogP contribution in [0.2, 0.25) is 0 Å². The number of azo groups is 1. The molecule has 0 saturated carbocycles. The summed E-state index contributed by atoms with van der Waals surface area (Å²) in [6.45, 7) is 3.43. The molecular formula is C21H26N4Na2O12S3. The van der Waals surface area contributed by atoms with Crippen molar-refractivity contribution in [1.29, 1.82) is 0 Å². The molecule has 0 unspecified atom stereocenters. The second-order valence-corrected chi connectivity index (χ2v) is 11.2. The van der Waals surface area contributed by atoms with Crippen LogP contribution in [0.3, 0.4) is 0 Å². The van der Waals surface area contributed by atoms with Gasteiger partial charge in [0, 0.05) is 26.1 Å². The third-order valence-corrected chi connectivity index (χ3v) is 7.45. The number of rotatable bonds is 17. The van der Waals surface area contributed by atoms with Gasteiger partial charge in [-0.05, 0) is 37.3 Å². The average Bonchev–Trinajstić information content (AvgIpc) is 2.89. The molecule has 0 aliphatic rings. The Hall–Kier alpha value is -0.880. The van der Waals surface area contributed by atoms with Crippen molar-refractivity contribution in [2.75, 3.05) is 49.4 Å². The SMILES string of the molecule is CCN(CCOSOO[O-])c1cc(NC(C)=O)c(N=Nc2ccc(S(=O)(=O)CCOS(=O)(=O)[O-])cc2)cc1OC.[Na+].[Na+]. The number of amides is 1. The summed E-state index contributed by atoms with van der Waals surface area (Å²) < 4.78 is 74.7. The van der Waals surface area contributed by atoms with Crippen LogP contribution in [0, 0.1) is 0 Å². The van der Waals surface area contributed by atoms with Crippen LogP contribution in [0.1, 0.15) is 13.8 Å². The second kappa shape index (κ2) is 20.2. The van der Waals surface area contributed by atoms with Crippen LogP contribution >= 0.6 is 12.3 Å². The van der Waals surface area contributed by atoms with Gasteiger partial charge in [-0.1, -0.05) is 0 Å². The number of carbonyl (C=O) groups excluding carboxylic acids is 1. The number of ether oxygens (including phenoxy) is 1. The summed E-state index contributed by atoms with van der Waals surface area (Å²) in [5.74, 6) is -0.683. The van der Waals surface area contributed by atoms with E-state index >= 15 is 0 Å². The van der Waals surface area contributed by atoms with E-state index in [-0.39, 0.29) is 87.9 Å². The van der Waals surface area contributed by atoms with Crippen LogP contribution in [0.15, 0.2) is 51.5 Å². The first-order chi connectivity index (χ1) is 18.9. The molecule has 2 aromatic rings. The van der Waals surface area contributed by atoms with Crippen LogP contribution in [0.5, 0.6) is 5.75 Å². The number of benzene rings is 2. The van der Waals surface area contributed by atoms with Crippen molar-refractivity contribution in [3.8, 4) is 5.75 Å². The summed E-state index contributed by atoms with van der Waals surface area (Å²) in [5, 5.41) is 24.0. The standard InChI is InChI=1S/C21H28N4O12S3.2Na/c1-4-25(9-10-34-38-37-36-27)20-13-18(22-15(2)26)19(14-21(20)33-3)24-23-16-5-7-17(8-6-16)39(28,29)12-11-35-40(30,31)32;;/h5-8,13-14,27H,4,9-12H2,1-3H3,(H,22,26)(H,30,31,32);;/q;2*+1/p-2. The predicted molar refractivity (Wildman–Crippen MR) is 139 cm³/mol. The molecule has 0 aliphatic heterocycles. The molecule has 0 bridgehead atoms. The number of carbonyl (C=O) groups is 1. The molecule has 0 heterocycles. The first-order valence-corrected chi connectivity index (χ1v) is 14.9. The zero-order chi connectivity index (χ0) is 29.8. The van der Waals surface area contributed by atoms with Crippen LogP contribution in [0.4, 0.5) is 22.7 Å². The van der Waals surface area contributed by atoms with E-state index in [1.54, 1.807) is 12.1 Å². The van der Waals surface area contributed by atoms with Crippen molar-refractivity contribution in [2.24, 2.45) is 10.2 Å². The Balaban J connectivity index is 0.00000840. The maximum Gasteiger partial charge on any atom is 1.00 e. The zero-order valence-electron chi connectivity index (χ0n) is 23.5. The quantitative estimate of drug-likeness (QED) is 0.0248. The monoisotopic (exact) mass is 668 g/mol. The van der Waals surface area contributed by atoms with Gasteiger partial charge in [-0.15, -0.1) is 9.45 Å². The van der Waals surface area contributed by atoms with Crippen LogP contribution in [0.25, 0.3) is 0 Å². The van der Waals surface area contributed by atoms with Gasteiger partial charge in [0.05, 0.1) is 48.0 Å². The minimum absolute atomic E-state index is 0. The fraction of sp³-hybridized carbons (Fsp3) is 0.381. The molecule has 0 saturated heterocycles. The first-order valence-electron chi connectivity index (χ1n) is 11.2. The number of likely N-dealkylation sites (N-methyl/N-ethyl adjacent to an activating group) is 1. The number of nitrogens with zero attached hydrogens (tertiary/aromatic N) is 3. The van der Waals surface area contributed by atoms with Gasteiger partial charge in [-0.2, -0.15) is 5.11 Å². The Kier molecular flexibility index (Phi) is 19.8. The van der Waals surface area contributed by atoms with Crippen LogP contribution in [-0.2, 0) is 42.8 Å². The molecule has 1 amide bonds. The van der Waals surface area contributed by atoms with E-state index in [4.69, 9.17) is 8.92 Å². The number of sulfone groups is 1. The van der Waals surface area contributed by atoms with E-state index in [0.29, 0.717) is 42.5 Å². The number of nitrogens with one attached hydrogen (secondary N) is 1. The van der Waals surface area contributed by atoms with E-state index in [1.165, 1.54) is 38.3 Å². The van der Waals surface area contributed by atoms with Gasteiger partial charge < -0.3 is 24.8 Å². The van der Waals surface area contributed by atoms with E-state index in [9.17, 15) is 31.4 Å². The van der Waals surface area contributed by atoms with Crippen LogP contribution in [-0.4, -0.2) is 66.5 Å². The molecule has 2 rings (SSSR count). The van der Waals surface area contributed by atoms with Crippen molar-refractivity contribution < 1.29 is 113 Å². The van der Waals surface area contributed by atoms with Crippen molar-refractivity contribution in [3.63, 3.8) is 0 Å². The Morgan fingerprint density at radius 1 is 1.07 bits per heavy atom. The van der Waals surface area contributed by atoms with Crippen molar-refractivity contribution in [3.05, 3.63) is 36.4 Å². The molecule has 0 atom stereocenters. The summed E-state index contributed by atoms with van der Waals surface area (Å²) >= 11 is 0.386. The van der Waals surface area contributed by atoms with E-state index in [1.807, 2.05) is 11.8 Å². The summed E-state index contributed by atoms with van der Waals surface area (Å²) in [4.78, 5) is 13.6. The summed E-state index contributed by atoms with van der Waals surface area (Å²) in [7, 11) is -7.48. The fourth-order valence-electron chi connectivity index (χ4n) is 3.20. The number of methoxy groups -OCH3 is 1. The minimum Gasteiger partial charge on any atom is -0.726 e. The molecular weight excluding hydrogens is 642 g/mol. The van der Waals surface area contributed by atoms with Gasteiger partial charge in [0.2, 0.25) is 16.3 Å². The predicted octanol–water partition coefficient (Wildman–Crippen LogP) is -4.04. The van der Waals surface area contributed by atoms with Gasteiger partial charge in [-0.25, -0.2) is 16.8 Å². The number of hydrogen-bond acceptors (Lipinski definition) is 16. The molecule has 222 valence electrons. The Morgan fingerprint density at radius 3 is 2.29 bits per heavy atom. The maximum atomic E-state index is 12.3. The smallest absolute Gasteiger partial charge is 0.726 e. The molecule has 0 aromatic heterocycles. The molecule has 0 spiro atoms. The van der Waals surface area contributed by atoms with Gasteiger partial charge in [0.15, 0.2) is 22.2 Å². The van der Waals surface area contributed by atoms with Gasteiger partial charge >= 0.3 is 59.1 Å². The Labute approximate surface area is 292 Å². The molecule has 21 heteroatoms. The largest absolute Gasteiger partial charge is 1.00 e. The topological polar surface area (TPSA) is 218 Å². The number of hydrogen-bond donors (Lipinski definition) is 1. The van der Waals surface area contributed by atoms with Crippen molar-refractivity contribution in [2.45, 2.75) is 18.7 Å². The van der Waals surface area contributed by atoms with Crippen molar-refractivity contribution in [1.82, 2.24) is 0 Å². The average molecular weight is 669 g/mol. The van der Waals surface area contributed by atoms with Gasteiger partial charge in [0.1, 0.15) is 11.4 Å². The van der Waals surface area contributed by atoms with E-state index in [2.05, 4.69) is 29.1 Å². The minimum atomic E-state index is -5.01. The van der Waals surface area contributed by atoms with Crippen molar-refractivity contribution >= 4 is 61.2 Å². The first kappa shape index (κ1) is 41.1. The fourth-order valence-corrected chi connectivity index (χ4v) is 4.88. The molecule has 0 radical (unpaired) electrons.